The van der Waals surface area contributed by atoms with Gasteiger partial charge in [-0.1, -0.05) is 26.0 Å². The van der Waals surface area contributed by atoms with E-state index in [1.54, 1.807) is 33.1 Å². The van der Waals surface area contributed by atoms with Gasteiger partial charge in [0.25, 0.3) is 5.89 Å². The van der Waals surface area contributed by atoms with E-state index in [9.17, 15) is 34.1 Å². The lowest BCUT2D eigenvalue weighted by atomic mass is 9.85. The van der Waals surface area contributed by atoms with Crippen LogP contribution in [-0.4, -0.2) is 101 Å². The van der Waals surface area contributed by atoms with Gasteiger partial charge in [0.05, 0.1) is 13.7 Å². The van der Waals surface area contributed by atoms with Crippen LogP contribution in [0.15, 0.2) is 33.5 Å². The van der Waals surface area contributed by atoms with E-state index in [1.165, 1.54) is 31.3 Å². The molecule has 0 amide bonds. The fourth-order valence-electron chi connectivity index (χ4n) is 4.31. The summed E-state index contributed by atoms with van der Waals surface area (Å²) < 4.78 is 19.3. The molecular formula is C29H40FN5O10. The summed E-state index contributed by atoms with van der Waals surface area (Å²) in [7, 11) is 3.06. The van der Waals surface area contributed by atoms with Gasteiger partial charge in [0, 0.05) is 32.2 Å². The number of likely N-dealkylation sites (N-methyl/N-ethyl adjacent to an activating group) is 1. The molecule has 0 aliphatic rings. The van der Waals surface area contributed by atoms with Crippen LogP contribution in [0, 0.1) is 12.7 Å². The molecule has 0 fully saturated rings. The second kappa shape index (κ2) is 16.4. The topological polar surface area (TPSA) is 249 Å². The molecule has 16 heteroatoms. The Morgan fingerprint density at radius 2 is 1.67 bits per heavy atom. The molecule has 0 unspecified atom stereocenters. The number of benzene rings is 1. The maximum absolute atomic E-state index is 13.0. The Labute approximate surface area is 258 Å². The summed E-state index contributed by atoms with van der Waals surface area (Å²) in [6, 6.07) is 5.63. The number of quaternary nitrogens is 1. The Hall–Kier alpha value is -3.93. The van der Waals surface area contributed by atoms with Crippen molar-refractivity contribution in [2.75, 3.05) is 20.2 Å². The fourth-order valence-corrected chi connectivity index (χ4v) is 4.31. The minimum Gasteiger partial charge on any atom is -0.867 e. The second-order valence-corrected chi connectivity index (χ2v) is 11.1. The lowest BCUT2D eigenvalue weighted by Crippen LogP contribution is -2.83. The quantitative estimate of drug-likeness (QED) is 0.102. The number of aliphatic hydroxyl groups is 5. The molecule has 1 aromatic carbocycles. The van der Waals surface area contributed by atoms with Crippen molar-refractivity contribution in [3.63, 3.8) is 0 Å². The first kappa shape index (κ1) is 37.3. The van der Waals surface area contributed by atoms with Crippen LogP contribution in [0.3, 0.4) is 0 Å². The number of carbonyl (C=O) groups is 2. The van der Waals surface area contributed by atoms with Crippen LogP contribution in [0.2, 0.25) is 0 Å². The number of Topliss-reactive ketones (excluding diaryl/α,β-unsaturated/α-hetero) is 2. The molecule has 3 rings (SSSR count). The normalized spacial score (nSPS) is 14.2. The molecule has 0 bridgehead atoms. The Kier molecular flexibility index (Phi) is 13.6. The van der Waals surface area contributed by atoms with Crippen molar-refractivity contribution in [3.8, 4) is 5.75 Å². The van der Waals surface area contributed by atoms with E-state index in [1.807, 2.05) is 0 Å². The number of nitrogens with two attached hydrogens (primary N) is 1. The van der Waals surface area contributed by atoms with Crippen molar-refractivity contribution >= 4 is 11.6 Å². The van der Waals surface area contributed by atoms with Crippen molar-refractivity contribution in [1.29, 1.82) is 0 Å². The lowest BCUT2D eigenvalue weighted by molar-refractivity contribution is -0.635. The number of aliphatic hydroxyl groups excluding tert-OH is 5. The molecule has 45 heavy (non-hydrogen) atoms. The van der Waals surface area contributed by atoms with E-state index in [-0.39, 0.29) is 43.4 Å². The number of hydrogen-bond donors (Lipinski definition) is 6. The molecule has 4 atom stereocenters. The first-order valence-electron chi connectivity index (χ1n) is 14.0. The number of rotatable bonds is 14. The third kappa shape index (κ3) is 10.0. The van der Waals surface area contributed by atoms with Crippen molar-refractivity contribution < 1.29 is 54.4 Å². The molecule has 2 heterocycles. The van der Waals surface area contributed by atoms with E-state index in [4.69, 9.17) is 19.7 Å². The van der Waals surface area contributed by atoms with Crippen LogP contribution >= 0.6 is 0 Å². The van der Waals surface area contributed by atoms with Crippen LogP contribution in [-0.2, 0) is 18.9 Å². The van der Waals surface area contributed by atoms with E-state index in [0.717, 1.165) is 4.57 Å². The molecular weight excluding hydrogens is 597 g/mol. The Morgan fingerprint density at radius 1 is 1.07 bits per heavy atom. The highest BCUT2D eigenvalue weighted by Gasteiger charge is 2.33. The fraction of sp³-hybridized carbons (Fsp3) is 0.517. The number of ketones is 2. The molecule has 0 radical (unpaired) electrons. The highest BCUT2D eigenvalue weighted by molar-refractivity contribution is 5.96. The highest BCUT2D eigenvalue weighted by Crippen LogP contribution is 2.27. The van der Waals surface area contributed by atoms with Crippen LogP contribution < -0.4 is 16.0 Å². The van der Waals surface area contributed by atoms with E-state index in [2.05, 4.69) is 15.2 Å². The predicted octanol–water partition coefficient (Wildman–Crippen LogP) is -2.33. The standard InChI is InChI=1S/C22H23FN4O5.C7H17NO5/c1-12-25-26-19(32-12)16(29)11-22(2,3)21-24-17(18(30)20(31)27(21)4)15(28)10-7-13-5-8-14(23)9-6-13;1-8-2-4(10)6(12)7(13)5(11)3-9/h5-6,8-9,30H,7,10-11H2,1-4H3;4-13H,2-3H2,1H3/t;4-,5+,6+,7+/m.0/s1. The van der Waals surface area contributed by atoms with Gasteiger partial charge in [0.15, 0.2) is 5.78 Å². The van der Waals surface area contributed by atoms with Crippen molar-refractivity contribution in [2.45, 2.75) is 69.9 Å². The zero-order chi connectivity index (χ0) is 34.1. The minimum absolute atomic E-state index is 0.0822. The van der Waals surface area contributed by atoms with Gasteiger partial charge in [0.2, 0.25) is 17.2 Å². The zero-order valence-corrected chi connectivity index (χ0v) is 25.7. The minimum atomic E-state index is -1.53. The molecule has 3 aromatic rings. The van der Waals surface area contributed by atoms with Crippen molar-refractivity contribution in [1.82, 2.24) is 19.7 Å². The number of aromatic nitrogens is 4. The SMILES string of the molecule is C[NH2+]C[C@H](O)[C@@H](O)[C@H](O)[C@H](O)CO.Cc1nnc(C(=O)CC(C)(C)c2nc(C(=O)CCc3ccc(F)cc3)c([O-])c(=O)n2C)o1. The molecule has 15 nitrogen and oxygen atoms in total. The van der Waals surface area contributed by atoms with E-state index in [0.29, 0.717) is 5.56 Å². The molecule has 0 saturated carbocycles. The third-order valence-corrected chi connectivity index (χ3v) is 6.84. The van der Waals surface area contributed by atoms with Gasteiger partial charge in [-0.3, -0.25) is 19.0 Å². The van der Waals surface area contributed by atoms with Gasteiger partial charge in [-0.15, -0.1) is 10.2 Å². The van der Waals surface area contributed by atoms with Gasteiger partial charge in [-0.25, -0.2) is 9.37 Å². The third-order valence-electron chi connectivity index (χ3n) is 6.84. The first-order chi connectivity index (χ1) is 21.0. The van der Waals surface area contributed by atoms with E-state index >= 15 is 0 Å². The molecule has 0 spiro atoms. The van der Waals surface area contributed by atoms with Gasteiger partial charge in [-0.05, 0) is 29.9 Å². The highest BCUT2D eigenvalue weighted by atomic mass is 19.1. The Balaban J connectivity index is 0.000000459. The van der Waals surface area contributed by atoms with Crippen LogP contribution in [0.1, 0.15) is 65.1 Å². The maximum atomic E-state index is 13.0. The summed E-state index contributed by atoms with van der Waals surface area (Å²) in [5.74, 6) is -2.29. The number of carbonyl (C=O) groups excluding carboxylic acids is 2. The summed E-state index contributed by atoms with van der Waals surface area (Å²) in [5.41, 5.74) is -1.70. The number of nitrogens with zero attached hydrogens (tertiary/aromatic N) is 4. The molecule has 248 valence electrons. The molecule has 0 saturated heterocycles. The molecule has 2 aromatic heterocycles. The van der Waals surface area contributed by atoms with Crippen molar-refractivity contribution in [2.24, 2.45) is 7.05 Å². The monoisotopic (exact) mass is 637 g/mol. The summed E-state index contributed by atoms with van der Waals surface area (Å²) >= 11 is 0. The van der Waals surface area contributed by atoms with Crippen LogP contribution in [0.25, 0.3) is 0 Å². The Bertz CT molecular complexity index is 1490. The number of hydrogen-bond acceptors (Lipinski definition) is 13. The summed E-state index contributed by atoms with van der Waals surface area (Å²) in [6.45, 7) is 4.44. The Morgan fingerprint density at radius 3 is 2.20 bits per heavy atom. The molecule has 0 aliphatic carbocycles. The van der Waals surface area contributed by atoms with Gasteiger partial charge in [-0.2, -0.15) is 0 Å². The largest absolute Gasteiger partial charge is 0.867 e. The summed E-state index contributed by atoms with van der Waals surface area (Å²) in [6.07, 6.45) is -5.50. The van der Waals surface area contributed by atoms with E-state index < -0.39 is 70.8 Å². The van der Waals surface area contributed by atoms with Crippen LogP contribution in [0.5, 0.6) is 5.75 Å². The maximum Gasteiger partial charge on any atom is 0.284 e. The average Bonchev–Trinajstić information content (AvgIpc) is 3.44. The summed E-state index contributed by atoms with van der Waals surface area (Å²) in [4.78, 5) is 42.0. The smallest absolute Gasteiger partial charge is 0.284 e. The van der Waals surface area contributed by atoms with Crippen LogP contribution in [0.4, 0.5) is 4.39 Å². The van der Waals surface area contributed by atoms with Gasteiger partial charge in [0.1, 0.15) is 48.3 Å². The van der Waals surface area contributed by atoms with Crippen molar-refractivity contribution in [3.05, 3.63) is 69.3 Å². The van der Waals surface area contributed by atoms with Gasteiger partial charge < -0.3 is 40.4 Å². The summed E-state index contributed by atoms with van der Waals surface area (Å²) in [5, 5.41) is 66.4. The lowest BCUT2D eigenvalue weighted by Gasteiger charge is -2.27. The average molecular weight is 638 g/mol. The molecule has 7 N–H and O–H groups in total. The number of aryl methyl sites for hydroxylation is 2. The molecule has 0 aliphatic heterocycles. The first-order valence-corrected chi connectivity index (χ1v) is 14.0. The van der Waals surface area contributed by atoms with Gasteiger partial charge >= 0.3 is 0 Å². The predicted molar refractivity (Wildman–Crippen MR) is 153 cm³/mol. The zero-order valence-electron chi connectivity index (χ0n) is 25.7. The second-order valence-electron chi connectivity index (χ2n) is 11.1. The number of halogens is 1.